The van der Waals surface area contributed by atoms with Gasteiger partial charge in [0.05, 0.1) is 23.8 Å². The Hall–Kier alpha value is -0.640. The van der Waals surface area contributed by atoms with Crippen LogP contribution in [0.1, 0.15) is 9.60 Å². The van der Waals surface area contributed by atoms with E-state index < -0.39 is 25.0 Å². The monoisotopic (exact) mass is 111 g/mol. The molecule has 0 rings (SSSR count). The Morgan fingerprint density at radius 2 is 3.00 bits per heavy atom. The largest absolute Gasteiger partial charge is 0.394 e. The minimum absolute atomic E-state index is 0.639. The van der Waals surface area contributed by atoms with Gasteiger partial charge in [-0.05, 0) is 0 Å². The van der Waals surface area contributed by atoms with E-state index in [0.717, 1.165) is 0 Å². The molecule has 0 saturated carbocycles. The van der Waals surface area contributed by atoms with Crippen molar-refractivity contribution in [2.45, 2.75) is 0 Å². The molecule has 0 bridgehead atoms. The van der Waals surface area contributed by atoms with E-state index in [4.69, 9.17) is 14.7 Å². The van der Waals surface area contributed by atoms with Crippen LogP contribution >= 0.6 is 0 Å². The Morgan fingerprint density at radius 3 is 3.14 bits per heavy atom. The van der Waals surface area contributed by atoms with Gasteiger partial charge in [0.1, 0.15) is 0 Å². The zero-order valence-corrected chi connectivity index (χ0v) is 3.25. The van der Waals surface area contributed by atoms with Crippen molar-refractivity contribution in [3.63, 3.8) is 0 Å². The fourth-order valence-electron chi connectivity index (χ4n) is 0.0678. The van der Waals surface area contributed by atoms with Crippen LogP contribution in [0.25, 0.3) is 0 Å². The predicted molar refractivity (Wildman–Crippen MR) is 25.5 cm³/mol. The third-order valence-corrected chi connectivity index (χ3v) is 0.238. The first kappa shape index (κ1) is 1.20. The highest BCUT2D eigenvalue weighted by Gasteiger charge is 1.87. The summed E-state index contributed by atoms with van der Waals surface area (Å²) >= 11 is 0. The topological polar surface area (TPSA) is 52.9 Å². The van der Waals surface area contributed by atoms with Crippen LogP contribution in [-0.4, -0.2) is 30.1 Å². The average Bonchev–Trinajstić information content (AvgIpc) is 1.80. The van der Waals surface area contributed by atoms with Gasteiger partial charge >= 0.3 is 0 Å². The fourth-order valence-corrected chi connectivity index (χ4v) is 0.0678. The van der Waals surface area contributed by atoms with Crippen molar-refractivity contribution in [3.05, 3.63) is 4.91 Å². The third-order valence-electron chi connectivity index (χ3n) is 0.238. The Morgan fingerprint density at radius 1 is 2.29 bits per heavy atom. The van der Waals surface area contributed by atoms with E-state index in [1.54, 1.807) is 0 Å². The molecule has 0 aromatic rings. The van der Waals surface area contributed by atoms with Gasteiger partial charge in [0.2, 0.25) is 0 Å². The van der Waals surface area contributed by atoms with Gasteiger partial charge in [0, 0.05) is 11.1 Å². The van der Waals surface area contributed by atoms with Crippen LogP contribution in [0, 0.1) is 4.91 Å². The molecule has 0 spiro atoms. The van der Waals surface area contributed by atoms with Gasteiger partial charge in [-0.15, -0.1) is 4.91 Å². The highest BCUT2D eigenvalue weighted by Crippen LogP contribution is 1.76. The average molecular weight is 111 g/mol. The molecule has 0 saturated heterocycles. The van der Waals surface area contributed by atoms with E-state index in [9.17, 15) is 4.91 Å². The maximum absolute atomic E-state index is 10.0. The number of hydrogen-bond donors (Lipinski definition) is 1. The molecule has 0 fully saturated rings. The molecule has 4 nitrogen and oxygen atoms in total. The smallest absolute Gasteiger partial charge is 0.0624 e. The Labute approximate surface area is 51.5 Å². The summed E-state index contributed by atoms with van der Waals surface area (Å²) < 4.78 is 47.0. The fraction of sp³-hybridized carbons (Fsp3) is 1.00. The maximum atomic E-state index is 10.0. The standard InChI is InChI=1S/C3H8N2O2/c1-5(4-7)2-3-6/h6H,2-3H2,1H3/i1D3,2D2,3D2. The second kappa shape index (κ2) is 3.55. The molecule has 42 valence electrons. The van der Waals surface area contributed by atoms with Gasteiger partial charge in [-0.2, -0.15) is 0 Å². The second-order valence-electron chi connectivity index (χ2n) is 0.617. The van der Waals surface area contributed by atoms with Crippen LogP contribution in [0.15, 0.2) is 5.29 Å². The van der Waals surface area contributed by atoms with Crippen LogP contribution in [0.5, 0.6) is 0 Å². The Bertz CT molecular complexity index is 220. The summed E-state index contributed by atoms with van der Waals surface area (Å²) in [4.78, 5) is 10.0. The molecule has 0 radical (unpaired) electrons. The predicted octanol–water partition coefficient (Wildman–Crippen LogP) is -0.408. The van der Waals surface area contributed by atoms with Gasteiger partial charge in [-0.25, -0.2) is 0 Å². The van der Waals surface area contributed by atoms with Gasteiger partial charge in [0.15, 0.2) is 0 Å². The van der Waals surface area contributed by atoms with Crippen LogP contribution in [0.3, 0.4) is 0 Å². The highest BCUT2D eigenvalue weighted by molar-refractivity contribution is 4.36. The normalized spacial score (nSPS) is 29.0. The van der Waals surface area contributed by atoms with E-state index >= 15 is 0 Å². The van der Waals surface area contributed by atoms with Crippen molar-refractivity contribution in [2.75, 3.05) is 20.0 Å². The Balaban J connectivity index is 5.15. The number of nitroso groups, excluding NO2 is 1. The molecule has 0 aliphatic heterocycles. The molecule has 0 heterocycles. The minimum Gasteiger partial charge on any atom is -0.394 e. The van der Waals surface area contributed by atoms with Crippen molar-refractivity contribution in [1.29, 1.82) is 0 Å². The molecule has 0 aromatic heterocycles. The number of aliphatic hydroxyl groups is 1. The summed E-state index contributed by atoms with van der Waals surface area (Å²) in [6.07, 6.45) is 0. The number of hydrogen-bond acceptors (Lipinski definition) is 3. The lowest BCUT2D eigenvalue weighted by atomic mass is 10.7. The molecule has 0 atom stereocenters. The maximum Gasteiger partial charge on any atom is 0.0624 e. The molecule has 0 amide bonds. The first-order chi connectivity index (χ1) is 5.94. The second-order valence-corrected chi connectivity index (χ2v) is 0.617. The van der Waals surface area contributed by atoms with E-state index in [1.165, 1.54) is 0 Å². The van der Waals surface area contributed by atoms with Crippen molar-refractivity contribution in [2.24, 2.45) is 5.29 Å². The summed E-state index contributed by atoms with van der Waals surface area (Å²) in [6.45, 7) is -10.2. The van der Waals surface area contributed by atoms with Crippen molar-refractivity contribution in [3.8, 4) is 0 Å². The summed E-state index contributed by atoms with van der Waals surface area (Å²) in [7, 11) is 0. The number of nitrogens with zero attached hydrogens (tertiary/aromatic N) is 2. The van der Waals surface area contributed by atoms with E-state index in [1.807, 2.05) is 5.29 Å². The molecular weight excluding hydrogens is 96.0 g/mol. The van der Waals surface area contributed by atoms with Crippen LogP contribution in [-0.2, 0) is 0 Å². The molecule has 0 aliphatic rings. The molecule has 4 heteroatoms. The van der Waals surface area contributed by atoms with E-state index in [-0.39, 0.29) is 0 Å². The third kappa shape index (κ3) is 3.18. The molecular formula is C3H8N2O2. The Kier molecular flexibility index (Phi) is 0.606. The van der Waals surface area contributed by atoms with Gasteiger partial charge in [0.25, 0.3) is 0 Å². The molecule has 0 aliphatic carbocycles. The quantitative estimate of drug-likeness (QED) is 0.398. The van der Waals surface area contributed by atoms with Crippen molar-refractivity contribution < 1.29 is 14.7 Å². The number of likely N-dealkylation sites (N-methyl/N-ethyl adjacent to an activating group) is 1. The SMILES string of the molecule is [2H]C([2H])([2H])N(N=O)C([2H])([2H])C([2H])([2H])O. The lowest BCUT2D eigenvalue weighted by molar-refractivity contribution is 0.225. The van der Waals surface area contributed by atoms with E-state index in [2.05, 4.69) is 0 Å². The van der Waals surface area contributed by atoms with Gasteiger partial charge in [-0.1, -0.05) is 0 Å². The first-order valence-corrected chi connectivity index (χ1v) is 1.30. The highest BCUT2D eigenvalue weighted by atomic mass is 16.3. The molecule has 7 heavy (non-hydrogen) atoms. The zero-order valence-electron chi connectivity index (χ0n) is 10.2. The molecule has 1 N–H and O–H groups in total. The van der Waals surface area contributed by atoms with Crippen molar-refractivity contribution in [1.82, 2.24) is 5.01 Å². The summed E-state index contributed by atoms with van der Waals surface area (Å²) in [6, 6.07) is 0. The molecule has 0 unspecified atom stereocenters. The van der Waals surface area contributed by atoms with Crippen LogP contribution in [0.4, 0.5) is 0 Å². The minimum atomic E-state index is -3.52. The van der Waals surface area contributed by atoms with E-state index in [0.29, 0.717) is 0 Å². The number of rotatable bonds is 3. The van der Waals surface area contributed by atoms with Gasteiger partial charge < -0.3 is 5.11 Å². The summed E-state index contributed by atoms with van der Waals surface area (Å²) in [5.74, 6) is 0. The van der Waals surface area contributed by atoms with Crippen LogP contribution < -0.4 is 0 Å². The zero-order chi connectivity index (χ0) is 11.8. The molecule has 0 aromatic carbocycles. The lowest BCUT2D eigenvalue weighted by Gasteiger charge is -2.02. The lowest BCUT2D eigenvalue weighted by Crippen LogP contribution is -2.14. The van der Waals surface area contributed by atoms with Crippen molar-refractivity contribution >= 4 is 0 Å². The first-order valence-electron chi connectivity index (χ1n) is 4.80. The summed E-state index contributed by atoms with van der Waals surface area (Å²) in [5, 5.41) is 9.88. The van der Waals surface area contributed by atoms with Crippen LogP contribution in [0.2, 0.25) is 0 Å². The summed E-state index contributed by atoms with van der Waals surface area (Å²) in [5.41, 5.74) is 0. The van der Waals surface area contributed by atoms with Gasteiger partial charge in [-0.3, -0.25) is 5.01 Å².